The van der Waals surface area contributed by atoms with Gasteiger partial charge in [0.25, 0.3) is 11.7 Å². The molecular weight excluding hydrogens is 538 g/mol. The SMILES string of the molecule is Cc1cc(/C(O)=C2/C(=O)C(=O)N(Cc3cccs3)C2c2cccc(Oc3ccccc3)c2)ccc1Br. The molecule has 1 atom stereocenters. The van der Waals surface area contributed by atoms with Gasteiger partial charge in [0.05, 0.1) is 18.2 Å². The molecule has 1 unspecified atom stereocenters. The van der Waals surface area contributed by atoms with Crippen LogP contribution >= 0.6 is 27.3 Å². The van der Waals surface area contributed by atoms with Gasteiger partial charge in [0, 0.05) is 14.9 Å². The molecule has 3 aromatic carbocycles. The monoisotopic (exact) mass is 559 g/mol. The Morgan fingerprint density at radius 1 is 0.972 bits per heavy atom. The van der Waals surface area contributed by atoms with Crippen molar-refractivity contribution in [3.05, 3.63) is 122 Å². The number of carbonyl (C=O) groups is 2. The first-order valence-corrected chi connectivity index (χ1v) is 13.0. The van der Waals surface area contributed by atoms with Crippen molar-refractivity contribution in [2.24, 2.45) is 0 Å². The van der Waals surface area contributed by atoms with Gasteiger partial charge in [0.1, 0.15) is 17.3 Å². The van der Waals surface area contributed by atoms with E-state index in [1.807, 2.05) is 85.1 Å². The summed E-state index contributed by atoms with van der Waals surface area (Å²) in [5.41, 5.74) is 2.12. The third-order valence-electron chi connectivity index (χ3n) is 6.03. The Morgan fingerprint density at radius 2 is 1.75 bits per heavy atom. The topological polar surface area (TPSA) is 66.8 Å². The molecule has 0 bridgehead atoms. The average molecular weight is 560 g/mol. The van der Waals surface area contributed by atoms with Gasteiger partial charge in [0.2, 0.25) is 0 Å². The summed E-state index contributed by atoms with van der Waals surface area (Å²) in [7, 11) is 0. The van der Waals surface area contributed by atoms with E-state index in [1.165, 1.54) is 16.2 Å². The van der Waals surface area contributed by atoms with E-state index in [0.717, 1.165) is 14.9 Å². The molecule has 0 spiro atoms. The van der Waals surface area contributed by atoms with Crippen molar-refractivity contribution in [1.82, 2.24) is 4.90 Å². The van der Waals surface area contributed by atoms with E-state index in [1.54, 1.807) is 12.1 Å². The van der Waals surface area contributed by atoms with Gasteiger partial charge in [-0.15, -0.1) is 11.3 Å². The number of hydrogen-bond acceptors (Lipinski definition) is 5. The minimum Gasteiger partial charge on any atom is -0.507 e. The van der Waals surface area contributed by atoms with Crippen LogP contribution in [0.1, 0.15) is 27.6 Å². The number of halogens is 1. The second kappa shape index (κ2) is 10.1. The van der Waals surface area contributed by atoms with Crippen molar-refractivity contribution in [2.75, 3.05) is 0 Å². The van der Waals surface area contributed by atoms with E-state index >= 15 is 0 Å². The van der Waals surface area contributed by atoms with Crippen molar-refractivity contribution < 1.29 is 19.4 Å². The molecule has 0 radical (unpaired) electrons. The maximum Gasteiger partial charge on any atom is 0.295 e. The number of aryl methyl sites for hydroxylation is 1. The molecule has 7 heteroatoms. The molecule has 1 saturated heterocycles. The van der Waals surface area contributed by atoms with Gasteiger partial charge < -0.3 is 14.7 Å². The first-order chi connectivity index (χ1) is 17.4. The fourth-order valence-electron chi connectivity index (χ4n) is 4.28. The Bertz CT molecular complexity index is 1460. The lowest BCUT2D eigenvalue weighted by atomic mass is 9.94. The van der Waals surface area contributed by atoms with Gasteiger partial charge >= 0.3 is 0 Å². The van der Waals surface area contributed by atoms with Gasteiger partial charge in [-0.2, -0.15) is 0 Å². The van der Waals surface area contributed by atoms with Crippen molar-refractivity contribution >= 4 is 44.7 Å². The largest absolute Gasteiger partial charge is 0.507 e. The van der Waals surface area contributed by atoms with Gasteiger partial charge in [-0.3, -0.25) is 9.59 Å². The zero-order chi connectivity index (χ0) is 25.2. The summed E-state index contributed by atoms with van der Waals surface area (Å²) < 4.78 is 6.90. The van der Waals surface area contributed by atoms with Gasteiger partial charge in [0.15, 0.2) is 0 Å². The van der Waals surface area contributed by atoms with Crippen LogP contribution < -0.4 is 4.74 Å². The van der Waals surface area contributed by atoms with Crippen LogP contribution in [0.15, 0.2) is 100 Å². The molecule has 0 saturated carbocycles. The molecule has 2 heterocycles. The van der Waals surface area contributed by atoms with E-state index in [4.69, 9.17) is 4.74 Å². The number of nitrogens with zero attached hydrogens (tertiary/aromatic N) is 1. The second-order valence-corrected chi connectivity index (χ2v) is 10.3. The molecule has 1 aromatic heterocycles. The van der Waals surface area contributed by atoms with Crippen molar-refractivity contribution in [3.63, 3.8) is 0 Å². The molecule has 180 valence electrons. The fraction of sp³-hybridized carbons (Fsp3) is 0.103. The number of likely N-dealkylation sites (tertiary alicyclic amines) is 1. The number of Topliss-reactive ketones (excluding diaryl/α,β-unsaturated/α-hetero) is 1. The number of ether oxygens (including phenoxy) is 1. The fourth-order valence-corrected chi connectivity index (χ4v) is 5.23. The molecule has 5 rings (SSSR count). The summed E-state index contributed by atoms with van der Waals surface area (Å²) in [5.74, 6) is -0.299. The smallest absolute Gasteiger partial charge is 0.295 e. The maximum absolute atomic E-state index is 13.3. The van der Waals surface area contributed by atoms with Gasteiger partial charge in [-0.1, -0.05) is 58.4 Å². The first-order valence-electron chi connectivity index (χ1n) is 11.3. The lowest BCUT2D eigenvalue weighted by molar-refractivity contribution is -0.140. The van der Waals surface area contributed by atoms with E-state index in [2.05, 4.69) is 15.9 Å². The van der Waals surface area contributed by atoms with Crippen LogP contribution in [0.2, 0.25) is 0 Å². The van der Waals surface area contributed by atoms with E-state index in [9.17, 15) is 14.7 Å². The Labute approximate surface area is 221 Å². The Hall–Kier alpha value is -3.68. The quantitative estimate of drug-likeness (QED) is 0.154. The van der Waals surface area contributed by atoms with Gasteiger partial charge in [-0.25, -0.2) is 0 Å². The number of hydrogen-bond donors (Lipinski definition) is 1. The third-order valence-corrected chi connectivity index (χ3v) is 7.78. The van der Waals surface area contributed by atoms with Gasteiger partial charge in [-0.05, 0) is 65.9 Å². The first kappa shape index (κ1) is 24.0. The maximum atomic E-state index is 13.3. The summed E-state index contributed by atoms with van der Waals surface area (Å²) in [6.45, 7) is 2.16. The zero-order valence-corrected chi connectivity index (χ0v) is 21.8. The summed E-state index contributed by atoms with van der Waals surface area (Å²) in [6.07, 6.45) is 0. The van der Waals surface area contributed by atoms with Crippen LogP contribution in [0, 0.1) is 6.92 Å². The van der Waals surface area contributed by atoms with Crippen LogP contribution in [0.4, 0.5) is 0 Å². The number of aliphatic hydroxyl groups excluding tert-OH is 1. The Kier molecular flexibility index (Phi) is 6.76. The predicted octanol–water partition coefficient (Wildman–Crippen LogP) is 7.23. The van der Waals surface area contributed by atoms with Crippen molar-refractivity contribution in [3.8, 4) is 11.5 Å². The molecular formula is C29H22BrNO4S. The molecule has 0 aliphatic carbocycles. The summed E-state index contributed by atoms with van der Waals surface area (Å²) in [5, 5.41) is 13.3. The third kappa shape index (κ3) is 4.72. The summed E-state index contributed by atoms with van der Waals surface area (Å²) >= 11 is 4.98. The lowest BCUT2D eigenvalue weighted by Gasteiger charge is -2.25. The number of thiophene rings is 1. The van der Waals surface area contributed by atoms with E-state index < -0.39 is 17.7 Å². The summed E-state index contributed by atoms with van der Waals surface area (Å²) in [4.78, 5) is 29.0. The molecule has 1 N–H and O–H groups in total. The van der Waals surface area contributed by atoms with E-state index in [0.29, 0.717) is 22.6 Å². The zero-order valence-electron chi connectivity index (χ0n) is 19.4. The molecule has 36 heavy (non-hydrogen) atoms. The standard InChI is InChI=1S/C29H22BrNO4S/c1-18-15-20(12-13-24(18)30)27(32)25-26(31(29(34)28(25)33)17-23-11-6-14-36-23)19-7-5-10-22(16-19)35-21-8-3-2-4-9-21/h2-16,26,32H,17H2,1H3/b27-25-. The molecule has 5 nitrogen and oxygen atoms in total. The molecule has 1 amide bonds. The van der Waals surface area contributed by atoms with Crippen molar-refractivity contribution in [1.29, 1.82) is 0 Å². The van der Waals surface area contributed by atoms with Crippen molar-refractivity contribution in [2.45, 2.75) is 19.5 Å². The molecule has 1 fully saturated rings. The Morgan fingerprint density at radius 3 is 2.47 bits per heavy atom. The highest BCUT2D eigenvalue weighted by molar-refractivity contribution is 9.10. The number of ketones is 1. The van der Waals surface area contributed by atoms with Crippen LogP contribution in [-0.2, 0) is 16.1 Å². The minimum atomic E-state index is -0.768. The number of aliphatic hydroxyl groups is 1. The average Bonchev–Trinajstić information content (AvgIpc) is 3.48. The molecule has 1 aliphatic rings. The second-order valence-electron chi connectivity index (χ2n) is 8.46. The van der Waals surface area contributed by atoms with E-state index in [-0.39, 0.29) is 17.9 Å². The van der Waals surface area contributed by atoms with Crippen LogP contribution in [-0.4, -0.2) is 21.7 Å². The van der Waals surface area contributed by atoms with Crippen LogP contribution in [0.3, 0.4) is 0 Å². The van der Waals surface area contributed by atoms with Crippen LogP contribution in [0.5, 0.6) is 11.5 Å². The minimum absolute atomic E-state index is 0.0649. The highest BCUT2D eigenvalue weighted by Gasteiger charge is 2.46. The normalized spacial score (nSPS) is 16.9. The number of benzene rings is 3. The number of para-hydroxylation sites is 1. The number of rotatable bonds is 6. The Balaban J connectivity index is 1.62. The number of carbonyl (C=O) groups excluding carboxylic acids is 2. The highest BCUT2D eigenvalue weighted by atomic mass is 79.9. The van der Waals surface area contributed by atoms with Crippen LogP contribution in [0.25, 0.3) is 5.76 Å². The predicted molar refractivity (Wildman–Crippen MR) is 144 cm³/mol. The summed E-state index contributed by atoms with van der Waals surface area (Å²) in [6, 6.07) is 25.1. The molecule has 1 aliphatic heterocycles. The highest BCUT2D eigenvalue weighted by Crippen LogP contribution is 2.42. The number of amides is 1. The molecule has 4 aromatic rings. The lowest BCUT2D eigenvalue weighted by Crippen LogP contribution is -2.28.